The Bertz CT molecular complexity index is 751. The normalized spacial score (nSPS) is 11.7. The molecule has 0 aliphatic heterocycles. The Morgan fingerprint density at radius 1 is 0.885 bits per heavy atom. The van der Waals surface area contributed by atoms with Crippen molar-refractivity contribution in [1.82, 2.24) is 0 Å². The van der Waals surface area contributed by atoms with E-state index >= 15 is 0 Å². The van der Waals surface area contributed by atoms with Crippen LogP contribution < -0.4 is 10.6 Å². The molecule has 0 spiro atoms. The lowest BCUT2D eigenvalue weighted by Gasteiger charge is -2.16. The molecule has 0 saturated carbocycles. The molecule has 0 aliphatic carbocycles. The van der Waals surface area contributed by atoms with Crippen LogP contribution >= 0.6 is 7.14 Å². The molecule has 0 atom stereocenters. The van der Waals surface area contributed by atoms with Gasteiger partial charge in [0.25, 0.3) is 0 Å². The molecule has 0 radical (unpaired) electrons. The summed E-state index contributed by atoms with van der Waals surface area (Å²) in [5.41, 5.74) is 1.01. The maximum atomic E-state index is 14.1. The topological polar surface area (TPSA) is 17.1 Å². The van der Waals surface area contributed by atoms with Crippen LogP contribution in [0.15, 0.2) is 72.1 Å². The molecule has 2 aromatic rings. The monoisotopic (exact) mass is 364 g/mol. The van der Waals surface area contributed by atoms with Gasteiger partial charge in [0.05, 0.1) is 0 Å². The van der Waals surface area contributed by atoms with E-state index in [1.54, 1.807) is 0 Å². The van der Waals surface area contributed by atoms with Gasteiger partial charge in [-0.3, -0.25) is 0 Å². The van der Waals surface area contributed by atoms with Crippen molar-refractivity contribution in [3.8, 4) is 11.8 Å². The highest BCUT2D eigenvalue weighted by atomic mass is 31.2. The average Bonchev–Trinajstić information content (AvgIpc) is 2.70. The minimum atomic E-state index is -2.84. The van der Waals surface area contributed by atoms with Crippen molar-refractivity contribution in [2.75, 3.05) is 0 Å². The van der Waals surface area contributed by atoms with E-state index in [9.17, 15) is 4.57 Å². The van der Waals surface area contributed by atoms with Crippen molar-refractivity contribution in [1.29, 1.82) is 0 Å². The Balaban J connectivity index is 2.49. The third-order valence-electron chi connectivity index (χ3n) is 4.32. The van der Waals surface area contributed by atoms with Crippen molar-refractivity contribution in [3.05, 3.63) is 72.1 Å². The van der Waals surface area contributed by atoms with Gasteiger partial charge in [0, 0.05) is 22.6 Å². The Labute approximate surface area is 158 Å². The van der Waals surface area contributed by atoms with Gasteiger partial charge in [0.15, 0.2) is 7.14 Å². The second-order valence-corrected chi connectivity index (χ2v) is 9.10. The standard InChI is InChI=1S/C24H29OP/c1-3-5-7-10-16-22(15-6-4-2)21-26(25,23-17-11-8-12-18-23)24-19-13-9-14-20-24/h8-9,11-14,17-21H,3-7,15H2,1-2H3/b22-21-. The van der Waals surface area contributed by atoms with E-state index in [1.165, 1.54) is 0 Å². The molecule has 0 unspecified atom stereocenters. The first kappa shape index (κ1) is 20.3. The number of hydrogen-bond acceptors (Lipinski definition) is 1. The molecular formula is C24H29OP. The zero-order chi connectivity index (χ0) is 18.7. The summed E-state index contributed by atoms with van der Waals surface area (Å²) in [6.45, 7) is 4.35. The Morgan fingerprint density at radius 3 is 1.92 bits per heavy atom. The molecule has 2 heteroatoms. The Morgan fingerprint density at radius 2 is 1.42 bits per heavy atom. The smallest absolute Gasteiger partial charge is 0.165 e. The van der Waals surface area contributed by atoms with Crippen molar-refractivity contribution in [2.24, 2.45) is 0 Å². The van der Waals surface area contributed by atoms with Crippen LogP contribution in [0.1, 0.15) is 52.4 Å². The summed E-state index contributed by atoms with van der Waals surface area (Å²) in [7, 11) is -2.84. The molecule has 2 rings (SSSR count). The van der Waals surface area contributed by atoms with E-state index in [0.717, 1.165) is 54.7 Å². The molecule has 1 nitrogen and oxygen atoms in total. The van der Waals surface area contributed by atoms with Gasteiger partial charge in [0.2, 0.25) is 0 Å². The van der Waals surface area contributed by atoms with E-state index in [0.29, 0.717) is 0 Å². The van der Waals surface area contributed by atoms with Crippen LogP contribution in [0.2, 0.25) is 0 Å². The van der Waals surface area contributed by atoms with Gasteiger partial charge >= 0.3 is 0 Å². The number of unbranched alkanes of at least 4 members (excludes halogenated alkanes) is 3. The largest absolute Gasteiger partial charge is 0.309 e. The molecule has 2 aromatic carbocycles. The summed E-state index contributed by atoms with van der Waals surface area (Å²) in [5, 5.41) is 1.74. The Hall–Kier alpha value is -2.03. The third kappa shape index (κ3) is 5.76. The highest BCUT2D eigenvalue weighted by Gasteiger charge is 2.24. The number of rotatable bonds is 8. The molecule has 0 amide bonds. The number of allylic oxidation sites excluding steroid dienone is 1. The summed E-state index contributed by atoms with van der Waals surface area (Å²) in [6, 6.07) is 19.6. The van der Waals surface area contributed by atoms with E-state index in [4.69, 9.17) is 0 Å². The molecule has 0 N–H and O–H groups in total. The van der Waals surface area contributed by atoms with Crippen LogP contribution in [0.5, 0.6) is 0 Å². The SMILES string of the molecule is CCCCC#C/C(=C\P(=O)(c1ccccc1)c1ccccc1)CCCC. The summed E-state index contributed by atoms with van der Waals surface area (Å²) in [6.07, 6.45) is 6.23. The fourth-order valence-electron chi connectivity index (χ4n) is 2.78. The first-order valence-electron chi connectivity index (χ1n) is 9.62. The van der Waals surface area contributed by atoms with Crippen LogP contribution in [0.25, 0.3) is 0 Å². The van der Waals surface area contributed by atoms with Crippen molar-refractivity contribution in [2.45, 2.75) is 52.4 Å². The average molecular weight is 364 g/mol. The molecular weight excluding hydrogens is 335 g/mol. The summed E-state index contributed by atoms with van der Waals surface area (Å²) in [4.78, 5) is 0. The molecule has 0 heterocycles. The highest BCUT2D eigenvalue weighted by molar-refractivity contribution is 7.81. The third-order valence-corrected chi connectivity index (χ3v) is 7.13. The van der Waals surface area contributed by atoms with E-state index in [1.807, 2.05) is 66.5 Å². The predicted octanol–water partition coefficient (Wildman–Crippen LogP) is 6.27. The maximum absolute atomic E-state index is 14.1. The minimum absolute atomic E-state index is 0.871. The highest BCUT2D eigenvalue weighted by Crippen LogP contribution is 2.46. The van der Waals surface area contributed by atoms with E-state index in [2.05, 4.69) is 25.7 Å². The van der Waals surface area contributed by atoms with Crippen molar-refractivity contribution >= 4 is 17.8 Å². The maximum Gasteiger partial charge on any atom is 0.165 e. The summed E-state index contributed by atoms with van der Waals surface area (Å²) >= 11 is 0. The second-order valence-electron chi connectivity index (χ2n) is 6.49. The predicted molar refractivity (Wildman–Crippen MR) is 115 cm³/mol. The van der Waals surface area contributed by atoms with E-state index in [-0.39, 0.29) is 0 Å². The van der Waals surface area contributed by atoms with Crippen molar-refractivity contribution in [3.63, 3.8) is 0 Å². The molecule has 26 heavy (non-hydrogen) atoms. The number of hydrogen-bond donors (Lipinski definition) is 0. The molecule has 0 bridgehead atoms. The molecule has 0 fully saturated rings. The lowest BCUT2D eigenvalue weighted by molar-refractivity contribution is 0.592. The minimum Gasteiger partial charge on any atom is -0.309 e. The lowest BCUT2D eigenvalue weighted by Crippen LogP contribution is -2.14. The van der Waals surface area contributed by atoms with Gasteiger partial charge in [-0.25, -0.2) is 0 Å². The first-order valence-corrected chi connectivity index (χ1v) is 11.4. The Kier molecular flexibility index (Phi) is 8.46. The molecule has 136 valence electrons. The zero-order valence-electron chi connectivity index (χ0n) is 15.9. The zero-order valence-corrected chi connectivity index (χ0v) is 16.8. The summed E-state index contributed by atoms with van der Waals surface area (Å²) < 4.78 is 14.1. The summed E-state index contributed by atoms with van der Waals surface area (Å²) in [5.74, 6) is 8.57. The number of benzene rings is 2. The van der Waals surface area contributed by atoms with Gasteiger partial charge in [-0.15, -0.1) is 0 Å². The van der Waals surface area contributed by atoms with Crippen LogP contribution in [0, 0.1) is 11.8 Å². The molecule has 0 aromatic heterocycles. The van der Waals surface area contributed by atoms with Gasteiger partial charge in [-0.2, -0.15) is 0 Å². The molecule has 0 aliphatic rings. The van der Waals surface area contributed by atoms with Gasteiger partial charge in [0.1, 0.15) is 0 Å². The quantitative estimate of drug-likeness (QED) is 0.306. The van der Waals surface area contributed by atoms with Gasteiger partial charge in [-0.05, 0) is 25.1 Å². The first-order chi connectivity index (χ1) is 12.7. The second kappa shape index (κ2) is 10.8. The van der Waals surface area contributed by atoms with Crippen LogP contribution in [0.3, 0.4) is 0 Å². The fraction of sp³-hybridized carbons (Fsp3) is 0.333. The van der Waals surface area contributed by atoms with Crippen molar-refractivity contribution < 1.29 is 4.57 Å². The molecule has 0 saturated heterocycles. The van der Waals surface area contributed by atoms with Gasteiger partial charge in [-0.1, -0.05) is 99.2 Å². The fourth-order valence-corrected chi connectivity index (χ4v) is 5.24. The van der Waals surface area contributed by atoms with Crippen LogP contribution in [0.4, 0.5) is 0 Å². The lowest BCUT2D eigenvalue weighted by atomic mass is 10.1. The van der Waals surface area contributed by atoms with E-state index < -0.39 is 7.14 Å². The van der Waals surface area contributed by atoms with Crippen LogP contribution in [-0.2, 0) is 4.57 Å². The van der Waals surface area contributed by atoms with Crippen LogP contribution in [-0.4, -0.2) is 0 Å². The van der Waals surface area contributed by atoms with Gasteiger partial charge < -0.3 is 4.57 Å².